The van der Waals surface area contributed by atoms with Crippen molar-refractivity contribution in [3.05, 3.63) is 54.3 Å². The number of nitrogens with one attached hydrogen (secondary N) is 1. The summed E-state index contributed by atoms with van der Waals surface area (Å²) >= 11 is 0. The van der Waals surface area contributed by atoms with Crippen LogP contribution in [0.1, 0.15) is 0 Å². The van der Waals surface area contributed by atoms with E-state index in [4.69, 9.17) is 4.74 Å². The highest BCUT2D eigenvalue weighted by molar-refractivity contribution is 5.90. The van der Waals surface area contributed by atoms with Crippen LogP contribution in [-0.4, -0.2) is 30.2 Å². The highest BCUT2D eigenvalue weighted by Gasteiger charge is 2.09. The molecule has 3 aromatic rings. The minimum absolute atomic E-state index is 0.275. The molecule has 0 atom stereocenters. The molecule has 112 valence electrons. The van der Waals surface area contributed by atoms with Gasteiger partial charge in [-0.25, -0.2) is 14.4 Å². The summed E-state index contributed by atoms with van der Waals surface area (Å²) in [4.78, 5) is 9.13. The second-order valence-electron chi connectivity index (χ2n) is 4.84. The Balaban J connectivity index is 2.05. The van der Waals surface area contributed by atoms with Crippen LogP contribution in [0.4, 0.5) is 10.2 Å². The maximum atomic E-state index is 13.1. The van der Waals surface area contributed by atoms with Crippen molar-refractivity contribution < 1.29 is 9.13 Å². The molecule has 0 bridgehead atoms. The Morgan fingerprint density at radius 1 is 1.05 bits per heavy atom. The molecule has 0 fully saturated rings. The summed E-state index contributed by atoms with van der Waals surface area (Å²) in [6.45, 7) is 1.24. The third-order valence-electron chi connectivity index (χ3n) is 3.30. The summed E-state index contributed by atoms with van der Waals surface area (Å²) in [7, 11) is 1.66. The molecule has 1 N–H and O–H groups in total. The molecule has 4 nitrogen and oxygen atoms in total. The van der Waals surface area contributed by atoms with Crippen LogP contribution < -0.4 is 5.32 Å². The predicted octanol–water partition coefficient (Wildman–Crippen LogP) is 3.49. The molecule has 0 aliphatic rings. The predicted molar refractivity (Wildman–Crippen MR) is 85.3 cm³/mol. The Hall–Kier alpha value is -2.53. The highest BCUT2D eigenvalue weighted by Crippen LogP contribution is 2.24. The number of halogens is 1. The lowest BCUT2D eigenvalue weighted by Crippen LogP contribution is -2.10. The Morgan fingerprint density at radius 3 is 2.59 bits per heavy atom. The molecule has 0 saturated heterocycles. The van der Waals surface area contributed by atoms with Gasteiger partial charge in [0.05, 0.1) is 12.1 Å². The minimum Gasteiger partial charge on any atom is -0.383 e. The number of ether oxygens (including phenoxy) is 1. The summed E-state index contributed by atoms with van der Waals surface area (Å²) in [5.41, 5.74) is 1.62. The molecule has 0 aliphatic carbocycles. The highest BCUT2D eigenvalue weighted by atomic mass is 19.1. The fraction of sp³-hybridized carbons (Fsp3) is 0.176. The van der Waals surface area contributed by atoms with Gasteiger partial charge in [-0.1, -0.05) is 12.1 Å². The number of hydrogen-bond acceptors (Lipinski definition) is 4. The molecule has 0 spiro atoms. The molecule has 1 aromatic heterocycles. The molecule has 0 aliphatic heterocycles. The van der Waals surface area contributed by atoms with E-state index in [1.54, 1.807) is 19.2 Å². The van der Waals surface area contributed by atoms with Gasteiger partial charge >= 0.3 is 0 Å². The van der Waals surface area contributed by atoms with Crippen molar-refractivity contribution in [2.75, 3.05) is 25.6 Å². The summed E-state index contributed by atoms with van der Waals surface area (Å²) in [6, 6.07) is 14.0. The van der Waals surface area contributed by atoms with Crippen LogP contribution >= 0.6 is 0 Å². The average Bonchev–Trinajstić information content (AvgIpc) is 2.55. The van der Waals surface area contributed by atoms with Gasteiger partial charge in [0.15, 0.2) is 5.82 Å². The number of fused-ring (bicyclic) bond motifs is 1. The summed E-state index contributed by atoms with van der Waals surface area (Å²) < 4.78 is 18.1. The standard InChI is InChI=1S/C17H16FN3O/c1-22-11-10-19-17-14-4-2-3-5-15(14)20-16(21-17)12-6-8-13(18)9-7-12/h2-9H,10-11H2,1H3,(H,19,20,21). The molecule has 22 heavy (non-hydrogen) atoms. The zero-order valence-electron chi connectivity index (χ0n) is 12.2. The topological polar surface area (TPSA) is 47.0 Å². The first-order valence-electron chi connectivity index (χ1n) is 7.03. The number of benzene rings is 2. The second kappa shape index (κ2) is 6.49. The first-order chi connectivity index (χ1) is 10.8. The van der Waals surface area contributed by atoms with E-state index in [0.717, 1.165) is 22.3 Å². The number of anilines is 1. The molecule has 0 saturated carbocycles. The third-order valence-corrected chi connectivity index (χ3v) is 3.30. The van der Waals surface area contributed by atoms with E-state index in [1.807, 2.05) is 24.3 Å². The normalized spacial score (nSPS) is 10.8. The Kier molecular flexibility index (Phi) is 4.25. The van der Waals surface area contributed by atoms with E-state index in [1.165, 1.54) is 12.1 Å². The van der Waals surface area contributed by atoms with Gasteiger partial charge in [0, 0.05) is 24.6 Å². The van der Waals surface area contributed by atoms with Crippen LogP contribution in [0, 0.1) is 5.82 Å². The lowest BCUT2D eigenvalue weighted by molar-refractivity contribution is 0.210. The first-order valence-corrected chi connectivity index (χ1v) is 7.03. The molecular weight excluding hydrogens is 281 g/mol. The summed E-state index contributed by atoms with van der Waals surface area (Å²) in [6.07, 6.45) is 0. The number of hydrogen-bond donors (Lipinski definition) is 1. The third kappa shape index (κ3) is 3.04. The van der Waals surface area contributed by atoms with Crippen molar-refractivity contribution in [1.82, 2.24) is 9.97 Å². The van der Waals surface area contributed by atoms with Gasteiger partial charge in [-0.05, 0) is 36.4 Å². The lowest BCUT2D eigenvalue weighted by atomic mass is 10.2. The monoisotopic (exact) mass is 297 g/mol. The van der Waals surface area contributed by atoms with Crippen LogP contribution in [0.3, 0.4) is 0 Å². The summed E-state index contributed by atoms with van der Waals surface area (Å²) in [5.74, 6) is 1.04. The molecule has 3 rings (SSSR count). The van der Waals surface area contributed by atoms with Gasteiger partial charge in [-0.3, -0.25) is 0 Å². The molecule has 1 heterocycles. The molecule has 0 radical (unpaired) electrons. The summed E-state index contributed by atoms with van der Waals surface area (Å²) in [5, 5.41) is 4.21. The van der Waals surface area contributed by atoms with Gasteiger partial charge in [-0.15, -0.1) is 0 Å². The van der Waals surface area contributed by atoms with Crippen LogP contribution in [-0.2, 0) is 4.74 Å². The Morgan fingerprint density at radius 2 is 1.82 bits per heavy atom. The van der Waals surface area contributed by atoms with Gasteiger partial charge in [-0.2, -0.15) is 0 Å². The Bertz CT molecular complexity index is 774. The maximum Gasteiger partial charge on any atom is 0.162 e. The van der Waals surface area contributed by atoms with E-state index >= 15 is 0 Å². The lowest BCUT2D eigenvalue weighted by Gasteiger charge is -2.10. The second-order valence-corrected chi connectivity index (χ2v) is 4.84. The maximum absolute atomic E-state index is 13.1. The minimum atomic E-state index is -0.275. The van der Waals surface area contributed by atoms with Gasteiger partial charge in [0.1, 0.15) is 11.6 Å². The average molecular weight is 297 g/mol. The molecular formula is C17H16FN3O. The zero-order valence-corrected chi connectivity index (χ0v) is 12.2. The van der Waals surface area contributed by atoms with Crippen molar-refractivity contribution in [3.63, 3.8) is 0 Å². The van der Waals surface area contributed by atoms with Gasteiger partial charge in [0.2, 0.25) is 0 Å². The van der Waals surface area contributed by atoms with E-state index in [2.05, 4.69) is 15.3 Å². The molecule has 5 heteroatoms. The first kappa shape index (κ1) is 14.4. The van der Waals surface area contributed by atoms with Crippen LogP contribution in [0.25, 0.3) is 22.3 Å². The van der Waals surface area contributed by atoms with Gasteiger partial charge in [0.25, 0.3) is 0 Å². The van der Waals surface area contributed by atoms with E-state index in [-0.39, 0.29) is 5.82 Å². The van der Waals surface area contributed by atoms with Crippen molar-refractivity contribution in [3.8, 4) is 11.4 Å². The van der Waals surface area contributed by atoms with Crippen molar-refractivity contribution in [1.29, 1.82) is 0 Å². The van der Waals surface area contributed by atoms with Crippen LogP contribution in [0.5, 0.6) is 0 Å². The fourth-order valence-electron chi connectivity index (χ4n) is 2.21. The fourth-order valence-corrected chi connectivity index (χ4v) is 2.21. The zero-order chi connectivity index (χ0) is 15.4. The van der Waals surface area contributed by atoms with Gasteiger partial charge < -0.3 is 10.1 Å². The van der Waals surface area contributed by atoms with E-state index in [9.17, 15) is 4.39 Å². The van der Waals surface area contributed by atoms with E-state index in [0.29, 0.717) is 19.0 Å². The van der Waals surface area contributed by atoms with Crippen molar-refractivity contribution in [2.24, 2.45) is 0 Å². The molecule has 0 amide bonds. The number of rotatable bonds is 5. The number of para-hydroxylation sites is 1. The quantitative estimate of drug-likeness (QED) is 0.732. The molecule has 0 unspecified atom stereocenters. The number of methoxy groups -OCH3 is 1. The van der Waals surface area contributed by atoms with Crippen LogP contribution in [0.2, 0.25) is 0 Å². The van der Waals surface area contributed by atoms with Crippen molar-refractivity contribution >= 4 is 16.7 Å². The van der Waals surface area contributed by atoms with E-state index < -0.39 is 0 Å². The Labute approximate surface area is 128 Å². The van der Waals surface area contributed by atoms with Crippen LogP contribution in [0.15, 0.2) is 48.5 Å². The number of aromatic nitrogens is 2. The smallest absolute Gasteiger partial charge is 0.162 e. The van der Waals surface area contributed by atoms with Crippen molar-refractivity contribution in [2.45, 2.75) is 0 Å². The SMILES string of the molecule is COCCNc1nc(-c2ccc(F)cc2)nc2ccccc12. The molecule has 2 aromatic carbocycles. The largest absolute Gasteiger partial charge is 0.383 e. The number of nitrogens with zero attached hydrogens (tertiary/aromatic N) is 2.